The first-order valence-electron chi connectivity index (χ1n) is 14.1. The number of anilines is 2. The van der Waals surface area contributed by atoms with E-state index in [1.807, 2.05) is 24.6 Å². The van der Waals surface area contributed by atoms with Gasteiger partial charge in [0.15, 0.2) is 11.5 Å². The molecule has 0 unspecified atom stereocenters. The molecule has 15 heteroatoms. The Balaban J connectivity index is 1.35. The molecule has 4 heterocycles. The summed E-state index contributed by atoms with van der Waals surface area (Å²) in [5.41, 5.74) is 2.43. The number of carbonyl (C=O) groups excluding carboxylic acids is 1. The van der Waals surface area contributed by atoms with Gasteiger partial charge in [-0.3, -0.25) is 18.8 Å². The van der Waals surface area contributed by atoms with E-state index in [0.29, 0.717) is 41.1 Å². The van der Waals surface area contributed by atoms with Crippen molar-refractivity contribution in [3.8, 4) is 0 Å². The molecule has 1 aromatic carbocycles. The van der Waals surface area contributed by atoms with Crippen LogP contribution in [0.4, 0.5) is 16.0 Å². The average Bonchev–Trinajstić information content (AvgIpc) is 3.64. The summed E-state index contributed by atoms with van der Waals surface area (Å²) in [5, 5.41) is 8.08. The van der Waals surface area contributed by atoms with Gasteiger partial charge in [-0.15, -0.1) is 0 Å². The minimum absolute atomic E-state index is 0.0134. The Morgan fingerprint density at radius 1 is 1.18 bits per heavy atom. The van der Waals surface area contributed by atoms with Crippen molar-refractivity contribution in [1.29, 1.82) is 0 Å². The molecule has 0 spiro atoms. The lowest BCUT2D eigenvalue weighted by Gasteiger charge is -2.33. The van der Waals surface area contributed by atoms with Crippen molar-refractivity contribution in [2.75, 3.05) is 23.0 Å². The summed E-state index contributed by atoms with van der Waals surface area (Å²) in [7, 11) is -0.424. The third-order valence-corrected chi connectivity index (χ3v) is 9.25. The fourth-order valence-corrected chi connectivity index (χ4v) is 7.22. The molecule has 12 nitrogen and oxygen atoms in total. The molecule has 4 aromatic rings. The SMILES string of the molecule is Cc1cc([C@@H](C)Nc2ccc(Cl)nc2C(=O)NS(C)(=O)=O)c2nc(N3C[C@@H]4C[C@H]3C[C@H]4c3nn(C)cc3F)n(C)c(=O)c2c1. The van der Waals surface area contributed by atoms with Crippen molar-refractivity contribution in [2.24, 2.45) is 20.0 Å². The lowest BCUT2D eigenvalue weighted by molar-refractivity contribution is 0.0977. The average molecular weight is 643 g/mol. The highest BCUT2D eigenvalue weighted by molar-refractivity contribution is 7.89. The van der Waals surface area contributed by atoms with Gasteiger partial charge in [0.25, 0.3) is 11.5 Å². The molecule has 44 heavy (non-hydrogen) atoms. The van der Waals surface area contributed by atoms with Crippen LogP contribution in [0.1, 0.15) is 59.0 Å². The summed E-state index contributed by atoms with van der Waals surface area (Å²) in [6, 6.07) is 6.36. The minimum atomic E-state index is -3.85. The Morgan fingerprint density at radius 2 is 1.93 bits per heavy atom. The number of piperidine rings is 1. The van der Waals surface area contributed by atoms with Crippen molar-refractivity contribution >= 4 is 50.1 Å². The lowest BCUT2D eigenvalue weighted by atomic mass is 9.91. The van der Waals surface area contributed by atoms with E-state index in [4.69, 9.17) is 16.6 Å². The number of nitrogens with zero attached hydrogens (tertiary/aromatic N) is 6. The highest BCUT2D eigenvalue weighted by atomic mass is 35.5. The van der Waals surface area contributed by atoms with Crippen LogP contribution < -0.4 is 20.5 Å². The number of rotatable bonds is 7. The number of aromatic nitrogens is 5. The van der Waals surface area contributed by atoms with E-state index in [9.17, 15) is 22.4 Å². The van der Waals surface area contributed by atoms with Gasteiger partial charge < -0.3 is 10.2 Å². The van der Waals surface area contributed by atoms with Gasteiger partial charge in [-0.25, -0.2) is 27.5 Å². The van der Waals surface area contributed by atoms with Crippen LogP contribution in [0.15, 0.2) is 35.3 Å². The fraction of sp³-hybridized carbons (Fsp3) is 0.414. The first-order chi connectivity index (χ1) is 20.7. The number of sulfonamides is 1. The van der Waals surface area contributed by atoms with Gasteiger partial charge in [-0.05, 0) is 56.4 Å². The van der Waals surface area contributed by atoms with Crippen molar-refractivity contribution in [2.45, 2.75) is 44.7 Å². The minimum Gasteiger partial charge on any atom is -0.377 e. The number of fused-ring (bicyclic) bond motifs is 3. The zero-order valence-corrected chi connectivity index (χ0v) is 26.4. The monoisotopic (exact) mass is 642 g/mol. The highest BCUT2D eigenvalue weighted by Gasteiger charge is 2.48. The number of hydrogen-bond donors (Lipinski definition) is 2. The molecule has 1 saturated heterocycles. The van der Waals surface area contributed by atoms with Crippen LogP contribution in [0, 0.1) is 18.7 Å². The molecular formula is C29H32ClFN8O4S. The van der Waals surface area contributed by atoms with Gasteiger partial charge in [-0.1, -0.05) is 17.7 Å². The zero-order chi connectivity index (χ0) is 31.7. The van der Waals surface area contributed by atoms with Crippen molar-refractivity contribution in [1.82, 2.24) is 29.0 Å². The van der Waals surface area contributed by atoms with Crippen LogP contribution in [-0.4, -0.2) is 57.5 Å². The van der Waals surface area contributed by atoms with Crippen LogP contribution in [0.3, 0.4) is 0 Å². The number of benzene rings is 1. The largest absolute Gasteiger partial charge is 0.377 e. The van der Waals surface area contributed by atoms with Gasteiger partial charge in [0, 0.05) is 38.2 Å². The maximum absolute atomic E-state index is 14.5. The van der Waals surface area contributed by atoms with Crippen molar-refractivity contribution < 1.29 is 17.6 Å². The van der Waals surface area contributed by atoms with Crippen LogP contribution in [0.5, 0.6) is 0 Å². The fourth-order valence-electron chi connectivity index (χ4n) is 6.64. The predicted molar refractivity (Wildman–Crippen MR) is 165 cm³/mol. The van der Waals surface area contributed by atoms with E-state index in [2.05, 4.69) is 20.3 Å². The van der Waals surface area contributed by atoms with Crippen LogP contribution in [0.2, 0.25) is 5.15 Å². The number of amides is 1. The van der Waals surface area contributed by atoms with Gasteiger partial charge in [-0.2, -0.15) is 5.10 Å². The Bertz CT molecular complexity index is 2000. The zero-order valence-electron chi connectivity index (χ0n) is 24.8. The summed E-state index contributed by atoms with van der Waals surface area (Å²) in [4.78, 5) is 37.7. The second-order valence-corrected chi connectivity index (χ2v) is 13.9. The summed E-state index contributed by atoms with van der Waals surface area (Å²) in [5.74, 6) is -0.486. The summed E-state index contributed by atoms with van der Waals surface area (Å²) >= 11 is 6.03. The molecule has 1 amide bonds. The van der Waals surface area contributed by atoms with Crippen LogP contribution in [0.25, 0.3) is 10.9 Å². The third-order valence-electron chi connectivity index (χ3n) is 8.48. The molecule has 0 radical (unpaired) electrons. The Morgan fingerprint density at radius 3 is 2.57 bits per heavy atom. The van der Waals surface area contributed by atoms with E-state index >= 15 is 0 Å². The second-order valence-electron chi connectivity index (χ2n) is 11.8. The Hall–Kier alpha value is -4.04. The molecule has 2 N–H and O–H groups in total. The normalized spacial score (nSPS) is 20.3. The molecule has 1 aliphatic carbocycles. The van der Waals surface area contributed by atoms with Crippen molar-refractivity contribution in [3.05, 3.63) is 74.3 Å². The topological polar surface area (TPSA) is 144 Å². The Kier molecular flexibility index (Phi) is 7.39. The molecule has 3 aromatic heterocycles. The maximum atomic E-state index is 14.5. The van der Waals surface area contributed by atoms with E-state index in [1.165, 1.54) is 16.9 Å². The number of nitrogens with one attached hydrogen (secondary N) is 2. The number of aryl methyl sites for hydroxylation is 2. The van der Waals surface area contributed by atoms with Gasteiger partial charge >= 0.3 is 0 Å². The Labute approximate surface area is 258 Å². The van der Waals surface area contributed by atoms with Gasteiger partial charge in [0.2, 0.25) is 16.0 Å². The molecule has 2 fully saturated rings. The van der Waals surface area contributed by atoms with E-state index in [0.717, 1.165) is 18.2 Å². The molecule has 232 valence electrons. The highest BCUT2D eigenvalue weighted by Crippen LogP contribution is 2.48. The third kappa shape index (κ3) is 5.40. The number of halogens is 2. The molecule has 6 rings (SSSR count). The smallest absolute Gasteiger partial charge is 0.285 e. The second kappa shape index (κ2) is 10.8. The van der Waals surface area contributed by atoms with E-state index in [1.54, 1.807) is 30.8 Å². The lowest BCUT2D eigenvalue weighted by Crippen LogP contribution is -2.39. The predicted octanol–water partition coefficient (Wildman–Crippen LogP) is 3.41. The van der Waals surface area contributed by atoms with Gasteiger partial charge in [0.1, 0.15) is 10.8 Å². The van der Waals surface area contributed by atoms with E-state index < -0.39 is 22.0 Å². The van der Waals surface area contributed by atoms with E-state index in [-0.39, 0.29) is 45.8 Å². The maximum Gasteiger partial charge on any atom is 0.285 e. The standard InChI is InChI=1S/C29H32ClFN8O4S/c1-14-8-18(15(2)32-22-6-7-23(30)33-26(22)27(40)36-44(5,42)43)24-20(9-14)28(41)38(4)29(34-24)39-12-16-10-17(39)11-19(16)25-21(31)13-37(3)35-25/h6-9,13,15-17,19,32H,10-12H2,1-5H3,(H,36,40)/t15-,16+,17+,19-/m1/s1. The summed E-state index contributed by atoms with van der Waals surface area (Å²) in [6.45, 7) is 4.36. The summed E-state index contributed by atoms with van der Waals surface area (Å²) < 4.78 is 43.0. The number of carbonyl (C=O) groups is 1. The number of hydrogen-bond acceptors (Lipinski definition) is 9. The van der Waals surface area contributed by atoms with Crippen LogP contribution in [-0.2, 0) is 24.1 Å². The van der Waals surface area contributed by atoms with Crippen molar-refractivity contribution in [3.63, 3.8) is 0 Å². The quantitative estimate of drug-likeness (QED) is 0.290. The molecule has 1 aliphatic heterocycles. The van der Waals surface area contributed by atoms with Crippen LogP contribution >= 0.6 is 11.6 Å². The number of pyridine rings is 1. The molecule has 2 aliphatic rings. The van der Waals surface area contributed by atoms with Gasteiger partial charge in [0.05, 0.1) is 35.1 Å². The molecule has 1 saturated carbocycles. The molecule has 2 bridgehead atoms. The first-order valence-corrected chi connectivity index (χ1v) is 16.4. The molecule has 4 atom stereocenters. The first kappa shape index (κ1) is 30.0. The molecular weight excluding hydrogens is 611 g/mol. The summed E-state index contributed by atoms with van der Waals surface area (Å²) in [6.07, 6.45) is 3.84.